The van der Waals surface area contributed by atoms with Gasteiger partial charge in [-0.3, -0.25) is 14.6 Å². The van der Waals surface area contributed by atoms with Gasteiger partial charge in [-0.15, -0.1) is 0 Å². The van der Waals surface area contributed by atoms with E-state index in [1.165, 1.54) is 6.26 Å². The van der Waals surface area contributed by atoms with E-state index in [0.29, 0.717) is 41.0 Å². The van der Waals surface area contributed by atoms with Gasteiger partial charge in [0, 0.05) is 29.3 Å². The maximum Gasteiger partial charge on any atom is 0.336 e. The predicted molar refractivity (Wildman–Crippen MR) is 145 cm³/mol. The number of aryl methyl sites for hydroxylation is 1. The Morgan fingerprint density at radius 3 is 2.55 bits per heavy atom. The van der Waals surface area contributed by atoms with Gasteiger partial charge in [0.05, 0.1) is 23.1 Å². The van der Waals surface area contributed by atoms with E-state index in [-0.39, 0.29) is 41.0 Å². The summed E-state index contributed by atoms with van der Waals surface area (Å²) in [4.78, 5) is 45.5. The summed E-state index contributed by atoms with van der Waals surface area (Å²) < 4.78 is 17.1. The van der Waals surface area contributed by atoms with Crippen molar-refractivity contribution in [1.29, 1.82) is 0 Å². The number of hydrogen-bond donors (Lipinski definition) is 0. The summed E-state index contributed by atoms with van der Waals surface area (Å²) in [7, 11) is 0. The maximum absolute atomic E-state index is 13.8. The number of aliphatic imine (C=N–C) groups is 1. The molecule has 1 aliphatic heterocycles. The third kappa shape index (κ3) is 4.93. The molecule has 5 rings (SSSR count). The van der Waals surface area contributed by atoms with Gasteiger partial charge >= 0.3 is 5.97 Å². The van der Waals surface area contributed by atoms with Crippen LogP contribution in [0.5, 0.6) is 5.75 Å². The van der Waals surface area contributed by atoms with Crippen LogP contribution in [0.2, 0.25) is 0 Å². The molecule has 3 aromatic rings. The number of fused-ring (bicyclic) bond motifs is 2. The minimum atomic E-state index is -0.838. The lowest BCUT2D eigenvalue weighted by atomic mass is 9.63. The Morgan fingerprint density at radius 1 is 1.03 bits per heavy atom. The van der Waals surface area contributed by atoms with Crippen LogP contribution in [-0.4, -0.2) is 30.7 Å². The molecule has 2 aromatic carbocycles. The first-order chi connectivity index (χ1) is 18.1. The SMILES string of the molecule is CC1=C(C(=O)OCCOc2ccccc2)C(c2coc3ccc(C)cc3c2=O)C2C(=O)CC(C)(C)CC2=N1. The van der Waals surface area contributed by atoms with Crippen LogP contribution in [0.3, 0.4) is 0 Å². The zero-order valence-corrected chi connectivity index (χ0v) is 22.1. The molecule has 2 heterocycles. The number of ether oxygens (including phenoxy) is 2. The number of carbonyl (C=O) groups is 2. The highest BCUT2D eigenvalue weighted by Crippen LogP contribution is 2.46. The number of carbonyl (C=O) groups excluding carboxylic acids is 2. The van der Waals surface area contributed by atoms with Crippen LogP contribution < -0.4 is 10.2 Å². The standard InChI is InChI=1S/C31H31NO6/c1-18-10-11-25-21(14-18)29(34)22(17-38-25)27-26(30(35)37-13-12-36-20-8-6-5-7-9-20)19(2)32-23-15-31(3,4)16-24(33)28(23)27/h5-11,14,17,27-28H,12-13,15-16H2,1-4H3. The number of rotatable bonds is 6. The van der Waals surface area contributed by atoms with Crippen molar-refractivity contribution in [1.82, 2.24) is 0 Å². The molecule has 0 radical (unpaired) electrons. The van der Waals surface area contributed by atoms with Gasteiger partial charge in [-0.05, 0) is 49.9 Å². The molecule has 2 atom stereocenters. The molecule has 7 heteroatoms. The Kier molecular flexibility index (Phi) is 6.78. The van der Waals surface area contributed by atoms with Crippen molar-refractivity contribution in [3.05, 3.63) is 87.4 Å². The second-order valence-corrected chi connectivity index (χ2v) is 10.9. The zero-order chi connectivity index (χ0) is 27.0. The molecule has 0 N–H and O–H groups in total. The fourth-order valence-corrected chi connectivity index (χ4v) is 5.56. The molecule has 196 valence electrons. The Balaban J connectivity index is 1.52. The van der Waals surface area contributed by atoms with Crippen molar-refractivity contribution < 1.29 is 23.5 Å². The van der Waals surface area contributed by atoms with Gasteiger partial charge in [0.1, 0.15) is 30.3 Å². The first kappa shape index (κ1) is 25.6. The summed E-state index contributed by atoms with van der Waals surface area (Å²) >= 11 is 0. The number of hydrogen-bond acceptors (Lipinski definition) is 7. The lowest BCUT2D eigenvalue weighted by Crippen LogP contribution is -2.45. The number of allylic oxidation sites excluding steroid dienone is 1. The summed E-state index contributed by atoms with van der Waals surface area (Å²) in [6, 6.07) is 14.6. The maximum atomic E-state index is 13.8. The lowest BCUT2D eigenvalue weighted by Gasteiger charge is -2.40. The number of nitrogens with zero attached hydrogens (tertiary/aromatic N) is 1. The van der Waals surface area contributed by atoms with Crippen LogP contribution >= 0.6 is 0 Å². The molecule has 7 nitrogen and oxygen atoms in total. The van der Waals surface area contributed by atoms with E-state index in [1.54, 1.807) is 19.1 Å². The Bertz CT molecular complexity index is 1530. The van der Waals surface area contributed by atoms with E-state index in [0.717, 1.165) is 5.56 Å². The summed E-state index contributed by atoms with van der Waals surface area (Å²) in [6.07, 6.45) is 2.32. The number of Topliss-reactive ketones (excluding diaryl/α,β-unsaturated/α-hetero) is 1. The molecular weight excluding hydrogens is 482 g/mol. The number of benzene rings is 2. The molecule has 0 saturated heterocycles. The summed E-state index contributed by atoms with van der Waals surface area (Å²) in [6.45, 7) is 7.85. The van der Waals surface area contributed by atoms with Gasteiger partial charge in [0.2, 0.25) is 0 Å². The van der Waals surface area contributed by atoms with Crippen molar-refractivity contribution >= 4 is 28.4 Å². The number of para-hydroxylation sites is 1. The van der Waals surface area contributed by atoms with Crippen LogP contribution in [0.4, 0.5) is 0 Å². The quantitative estimate of drug-likeness (QED) is 0.317. The highest BCUT2D eigenvalue weighted by molar-refractivity contribution is 6.12. The van der Waals surface area contributed by atoms with Crippen LogP contribution in [0, 0.1) is 18.3 Å². The monoisotopic (exact) mass is 513 g/mol. The molecule has 1 fully saturated rings. The number of ketones is 1. The third-order valence-electron chi connectivity index (χ3n) is 7.20. The zero-order valence-electron chi connectivity index (χ0n) is 22.1. The molecule has 0 amide bonds. The van der Waals surface area contributed by atoms with E-state index in [4.69, 9.17) is 18.9 Å². The molecule has 2 unspecified atom stereocenters. The third-order valence-corrected chi connectivity index (χ3v) is 7.20. The molecular formula is C31H31NO6. The normalized spacial score (nSPS) is 20.6. The average Bonchev–Trinajstić information content (AvgIpc) is 2.86. The molecule has 1 saturated carbocycles. The second-order valence-electron chi connectivity index (χ2n) is 10.9. The van der Waals surface area contributed by atoms with Gasteiger partial charge in [-0.1, -0.05) is 43.7 Å². The first-order valence-corrected chi connectivity index (χ1v) is 12.8. The Labute approximate surface area is 221 Å². The average molecular weight is 514 g/mol. The highest BCUT2D eigenvalue weighted by atomic mass is 16.6. The van der Waals surface area contributed by atoms with Crippen molar-refractivity contribution in [3.8, 4) is 5.75 Å². The topological polar surface area (TPSA) is 95.2 Å². The van der Waals surface area contributed by atoms with Gasteiger partial charge in [0.25, 0.3) is 0 Å². The van der Waals surface area contributed by atoms with Crippen LogP contribution in [0.15, 0.2) is 80.3 Å². The Morgan fingerprint density at radius 2 is 1.79 bits per heavy atom. The molecule has 2 aliphatic rings. The molecule has 0 spiro atoms. The summed E-state index contributed by atoms with van der Waals surface area (Å²) in [5.41, 5.74) is 2.47. The fourth-order valence-electron chi connectivity index (χ4n) is 5.56. The van der Waals surface area contributed by atoms with E-state index in [9.17, 15) is 14.4 Å². The van der Waals surface area contributed by atoms with Crippen molar-refractivity contribution in [2.24, 2.45) is 16.3 Å². The van der Waals surface area contributed by atoms with Crippen LogP contribution in [-0.2, 0) is 14.3 Å². The van der Waals surface area contributed by atoms with E-state index < -0.39 is 17.8 Å². The van der Waals surface area contributed by atoms with Crippen molar-refractivity contribution in [3.63, 3.8) is 0 Å². The van der Waals surface area contributed by atoms with Crippen molar-refractivity contribution in [2.45, 2.75) is 46.5 Å². The van der Waals surface area contributed by atoms with E-state index in [2.05, 4.69) is 0 Å². The van der Waals surface area contributed by atoms with Crippen LogP contribution in [0.25, 0.3) is 11.0 Å². The van der Waals surface area contributed by atoms with E-state index in [1.807, 2.05) is 57.2 Å². The summed E-state index contributed by atoms with van der Waals surface area (Å²) in [5, 5.41) is 0.414. The highest BCUT2D eigenvalue weighted by Gasteiger charge is 2.48. The fraction of sp³-hybridized carbons (Fsp3) is 0.355. The largest absolute Gasteiger partial charge is 0.490 e. The molecule has 0 bridgehead atoms. The summed E-state index contributed by atoms with van der Waals surface area (Å²) in [5.74, 6) is -1.55. The first-order valence-electron chi connectivity index (χ1n) is 12.8. The van der Waals surface area contributed by atoms with Gasteiger partial charge in [-0.2, -0.15) is 0 Å². The van der Waals surface area contributed by atoms with Crippen LogP contribution in [0.1, 0.15) is 50.7 Å². The number of esters is 1. The smallest absolute Gasteiger partial charge is 0.336 e. The van der Waals surface area contributed by atoms with Crippen molar-refractivity contribution in [2.75, 3.05) is 13.2 Å². The van der Waals surface area contributed by atoms with Gasteiger partial charge in [0.15, 0.2) is 5.43 Å². The molecule has 1 aliphatic carbocycles. The van der Waals surface area contributed by atoms with E-state index >= 15 is 0 Å². The lowest BCUT2D eigenvalue weighted by molar-refractivity contribution is -0.140. The van der Waals surface area contributed by atoms with Gasteiger partial charge in [-0.25, -0.2) is 4.79 Å². The minimum Gasteiger partial charge on any atom is -0.490 e. The van der Waals surface area contributed by atoms with Gasteiger partial charge < -0.3 is 13.9 Å². The Hall–Kier alpha value is -4.00. The predicted octanol–water partition coefficient (Wildman–Crippen LogP) is 5.54. The molecule has 1 aromatic heterocycles. The second kappa shape index (κ2) is 10.0. The molecule has 38 heavy (non-hydrogen) atoms. The minimum absolute atomic E-state index is 0.00493.